The van der Waals surface area contributed by atoms with E-state index in [2.05, 4.69) is 57.1 Å². The SMILES string of the molecule is Cc1cccnc1CNC(c1nc2nc(N)nc(N)c2[nH]1)C(C)C. The number of hydrogen-bond donors (Lipinski definition) is 4. The van der Waals surface area contributed by atoms with Gasteiger partial charge in [0.2, 0.25) is 5.95 Å². The summed E-state index contributed by atoms with van der Waals surface area (Å²) in [6.45, 7) is 6.95. The van der Waals surface area contributed by atoms with Crippen molar-refractivity contribution in [3.8, 4) is 0 Å². The third kappa shape index (κ3) is 3.13. The van der Waals surface area contributed by atoms with Gasteiger partial charge in [0, 0.05) is 12.7 Å². The van der Waals surface area contributed by atoms with Crippen molar-refractivity contribution in [1.29, 1.82) is 0 Å². The molecule has 126 valence electrons. The van der Waals surface area contributed by atoms with Gasteiger partial charge in [-0.3, -0.25) is 4.98 Å². The predicted molar refractivity (Wildman–Crippen MR) is 93.9 cm³/mol. The fourth-order valence-corrected chi connectivity index (χ4v) is 2.66. The number of hydrogen-bond acceptors (Lipinski definition) is 7. The molecule has 0 radical (unpaired) electrons. The Morgan fingerprint density at radius 3 is 2.71 bits per heavy atom. The third-order valence-electron chi connectivity index (χ3n) is 3.98. The molecule has 0 aliphatic heterocycles. The normalized spacial score (nSPS) is 12.8. The molecule has 0 saturated heterocycles. The second kappa shape index (κ2) is 6.40. The van der Waals surface area contributed by atoms with E-state index >= 15 is 0 Å². The minimum atomic E-state index is 0.00114. The van der Waals surface area contributed by atoms with Crippen LogP contribution in [0.15, 0.2) is 18.3 Å². The summed E-state index contributed by atoms with van der Waals surface area (Å²) in [6.07, 6.45) is 1.80. The molecule has 8 nitrogen and oxygen atoms in total. The van der Waals surface area contributed by atoms with Crippen LogP contribution in [0.1, 0.15) is 37.0 Å². The van der Waals surface area contributed by atoms with Gasteiger partial charge in [0.05, 0.1) is 11.7 Å². The monoisotopic (exact) mass is 326 g/mol. The molecule has 0 aliphatic rings. The largest absolute Gasteiger partial charge is 0.382 e. The van der Waals surface area contributed by atoms with Gasteiger partial charge in [-0.05, 0) is 24.5 Å². The summed E-state index contributed by atoms with van der Waals surface area (Å²) in [5.74, 6) is 1.50. The van der Waals surface area contributed by atoms with Gasteiger partial charge in [-0.15, -0.1) is 0 Å². The molecule has 6 N–H and O–H groups in total. The minimum Gasteiger partial charge on any atom is -0.382 e. The lowest BCUT2D eigenvalue weighted by Crippen LogP contribution is -2.27. The highest BCUT2D eigenvalue weighted by Gasteiger charge is 2.21. The van der Waals surface area contributed by atoms with Crippen LogP contribution in [0.5, 0.6) is 0 Å². The van der Waals surface area contributed by atoms with Crippen molar-refractivity contribution in [1.82, 2.24) is 30.2 Å². The molecule has 0 bridgehead atoms. The van der Waals surface area contributed by atoms with Crippen LogP contribution in [0, 0.1) is 12.8 Å². The lowest BCUT2D eigenvalue weighted by Gasteiger charge is -2.20. The van der Waals surface area contributed by atoms with Crippen molar-refractivity contribution in [2.24, 2.45) is 5.92 Å². The number of H-pyrrole nitrogens is 1. The smallest absolute Gasteiger partial charge is 0.224 e. The topological polar surface area (TPSA) is 131 Å². The van der Waals surface area contributed by atoms with E-state index in [0.29, 0.717) is 29.4 Å². The Hall–Kier alpha value is -2.74. The molecule has 24 heavy (non-hydrogen) atoms. The molecule has 0 amide bonds. The average molecular weight is 326 g/mol. The first-order valence-corrected chi connectivity index (χ1v) is 7.88. The van der Waals surface area contributed by atoms with Gasteiger partial charge < -0.3 is 21.8 Å². The van der Waals surface area contributed by atoms with E-state index in [0.717, 1.165) is 17.1 Å². The van der Waals surface area contributed by atoms with Gasteiger partial charge >= 0.3 is 0 Å². The molecule has 0 fully saturated rings. The van der Waals surface area contributed by atoms with Gasteiger partial charge in [-0.2, -0.15) is 9.97 Å². The summed E-state index contributed by atoms with van der Waals surface area (Å²) in [6, 6.07) is 3.99. The minimum absolute atomic E-state index is 0.00114. The van der Waals surface area contributed by atoms with E-state index in [1.165, 1.54) is 0 Å². The van der Waals surface area contributed by atoms with Crippen LogP contribution < -0.4 is 16.8 Å². The number of aromatic nitrogens is 5. The van der Waals surface area contributed by atoms with Gasteiger partial charge in [0.1, 0.15) is 11.3 Å². The number of nitrogen functional groups attached to an aromatic ring is 2. The van der Waals surface area contributed by atoms with Crippen molar-refractivity contribution in [2.75, 3.05) is 11.5 Å². The molecule has 3 aromatic rings. The highest BCUT2D eigenvalue weighted by atomic mass is 15.1. The van der Waals surface area contributed by atoms with E-state index in [1.54, 1.807) is 6.20 Å². The Balaban J connectivity index is 1.88. The number of anilines is 2. The van der Waals surface area contributed by atoms with Crippen LogP contribution in [0.4, 0.5) is 11.8 Å². The molecule has 0 saturated carbocycles. The van der Waals surface area contributed by atoms with E-state index in [9.17, 15) is 0 Å². The number of aryl methyl sites for hydroxylation is 1. The second-order valence-corrected chi connectivity index (χ2v) is 6.16. The maximum Gasteiger partial charge on any atom is 0.224 e. The summed E-state index contributed by atoms with van der Waals surface area (Å²) >= 11 is 0. The fraction of sp³-hybridized carbons (Fsp3) is 0.375. The first-order valence-electron chi connectivity index (χ1n) is 7.88. The summed E-state index contributed by atoms with van der Waals surface area (Å²) in [5.41, 5.74) is 14.8. The van der Waals surface area contributed by atoms with Crippen molar-refractivity contribution in [3.63, 3.8) is 0 Å². The Kier molecular flexibility index (Phi) is 4.30. The van der Waals surface area contributed by atoms with Crippen LogP contribution in [-0.2, 0) is 6.54 Å². The highest BCUT2D eigenvalue weighted by molar-refractivity contribution is 5.82. The zero-order valence-corrected chi connectivity index (χ0v) is 14.0. The quantitative estimate of drug-likeness (QED) is 0.561. The Bertz CT molecular complexity index is 854. The number of nitrogens with two attached hydrogens (primary N) is 2. The Labute approximate surface area is 140 Å². The predicted octanol–water partition coefficient (Wildman–Crippen LogP) is 1.71. The standard InChI is InChI=1S/C16H22N8/c1-8(2)11(20-7-10-9(3)5-4-6-19-10)14-21-12-13(17)22-16(18)24-15(12)23-14/h4-6,8,11,20H,7H2,1-3H3,(H5,17,18,21,22,23,24). The van der Waals surface area contributed by atoms with Crippen LogP contribution in [0.3, 0.4) is 0 Å². The molecule has 0 aromatic carbocycles. The molecule has 8 heteroatoms. The molecule has 1 atom stereocenters. The summed E-state index contributed by atoms with van der Waals surface area (Å²) in [7, 11) is 0. The third-order valence-corrected chi connectivity index (χ3v) is 3.98. The van der Waals surface area contributed by atoms with Gasteiger partial charge in [0.15, 0.2) is 11.5 Å². The second-order valence-electron chi connectivity index (χ2n) is 6.16. The van der Waals surface area contributed by atoms with E-state index in [1.807, 2.05) is 6.07 Å². The lowest BCUT2D eigenvalue weighted by molar-refractivity contribution is 0.393. The molecule has 3 rings (SSSR count). The van der Waals surface area contributed by atoms with Gasteiger partial charge in [0.25, 0.3) is 0 Å². The number of fused-ring (bicyclic) bond motifs is 1. The molecule has 0 aliphatic carbocycles. The maximum absolute atomic E-state index is 5.90. The van der Waals surface area contributed by atoms with Crippen molar-refractivity contribution < 1.29 is 0 Å². The number of aromatic amines is 1. The number of pyridine rings is 1. The average Bonchev–Trinajstić information content (AvgIpc) is 2.92. The summed E-state index contributed by atoms with van der Waals surface area (Å²) in [4.78, 5) is 20.3. The summed E-state index contributed by atoms with van der Waals surface area (Å²) < 4.78 is 0. The molecule has 0 spiro atoms. The first kappa shape index (κ1) is 16.1. The van der Waals surface area contributed by atoms with Gasteiger partial charge in [-0.25, -0.2) is 4.98 Å². The zero-order valence-electron chi connectivity index (χ0n) is 14.0. The molecule has 1 unspecified atom stereocenters. The zero-order chi connectivity index (χ0) is 17.3. The number of nitrogens with zero attached hydrogens (tertiary/aromatic N) is 4. The van der Waals surface area contributed by atoms with Gasteiger partial charge in [-0.1, -0.05) is 19.9 Å². The van der Waals surface area contributed by atoms with Crippen molar-refractivity contribution >= 4 is 22.9 Å². The Morgan fingerprint density at radius 1 is 1.21 bits per heavy atom. The lowest BCUT2D eigenvalue weighted by atomic mass is 10.0. The van der Waals surface area contributed by atoms with E-state index in [4.69, 9.17) is 11.5 Å². The van der Waals surface area contributed by atoms with Crippen molar-refractivity contribution in [3.05, 3.63) is 35.4 Å². The van der Waals surface area contributed by atoms with Crippen LogP contribution in [0.2, 0.25) is 0 Å². The van der Waals surface area contributed by atoms with Crippen LogP contribution in [-0.4, -0.2) is 24.9 Å². The van der Waals surface area contributed by atoms with Crippen LogP contribution >= 0.6 is 0 Å². The van der Waals surface area contributed by atoms with Crippen molar-refractivity contribution in [2.45, 2.75) is 33.4 Å². The first-order chi connectivity index (χ1) is 11.5. The maximum atomic E-state index is 5.90. The molecular formula is C16H22N8. The van der Waals surface area contributed by atoms with E-state index in [-0.39, 0.29) is 12.0 Å². The van der Waals surface area contributed by atoms with Crippen LogP contribution in [0.25, 0.3) is 11.2 Å². The molecule has 3 heterocycles. The number of imidazole rings is 1. The van der Waals surface area contributed by atoms with E-state index < -0.39 is 0 Å². The molecule has 3 aromatic heterocycles. The Morgan fingerprint density at radius 2 is 2.00 bits per heavy atom. The molecular weight excluding hydrogens is 304 g/mol. The summed E-state index contributed by atoms with van der Waals surface area (Å²) in [5, 5.41) is 3.51. The number of nitrogens with one attached hydrogen (secondary N) is 2. The number of rotatable bonds is 5. The fourth-order valence-electron chi connectivity index (χ4n) is 2.66. The highest BCUT2D eigenvalue weighted by Crippen LogP contribution is 2.24.